The molecule has 13 heavy (non-hydrogen) atoms. The summed E-state index contributed by atoms with van der Waals surface area (Å²) in [5, 5.41) is 3.43. The van der Waals surface area contributed by atoms with Gasteiger partial charge in [-0.05, 0) is 0 Å². The van der Waals surface area contributed by atoms with E-state index in [1.165, 1.54) is 17.5 Å². The maximum atomic E-state index is 12.4. The van der Waals surface area contributed by atoms with Gasteiger partial charge in [0.2, 0.25) is 0 Å². The smallest absolute Gasteiger partial charge is 0.253 e. The second kappa shape index (κ2) is 3.06. The van der Waals surface area contributed by atoms with Crippen molar-refractivity contribution in [3.05, 3.63) is 10.5 Å². The molecule has 1 heterocycles. The Hall–Kier alpha value is -0.420. The lowest BCUT2D eigenvalue weighted by molar-refractivity contribution is 0.101. The Morgan fingerprint density at radius 2 is 2.46 bits per heavy atom. The highest BCUT2D eigenvalue weighted by atomic mass is 35.5. The van der Waals surface area contributed by atoms with Crippen LogP contribution in [-0.2, 0) is 0 Å². The van der Waals surface area contributed by atoms with Gasteiger partial charge in [0.25, 0.3) is 5.92 Å². The highest BCUT2D eigenvalue weighted by Gasteiger charge is 2.56. The van der Waals surface area contributed by atoms with E-state index in [2.05, 4.69) is 10.3 Å². The molecular weight excluding hydrogens is 218 g/mol. The second-order valence-electron chi connectivity index (χ2n) is 3.01. The summed E-state index contributed by atoms with van der Waals surface area (Å²) in [4.78, 5) is 3.89. The van der Waals surface area contributed by atoms with Crippen LogP contribution in [0.1, 0.15) is 6.42 Å². The second-order valence-corrected chi connectivity index (χ2v) is 4.67. The summed E-state index contributed by atoms with van der Waals surface area (Å²) < 4.78 is 25.4. The van der Waals surface area contributed by atoms with Crippen LogP contribution >= 0.6 is 22.9 Å². The van der Waals surface area contributed by atoms with Crippen molar-refractivity contribution in [1.82, 2.24) is 4.98 Å². The number of anilines is 1. The van der Waals surface area contributed by atoms with E-state index in [1.807, 2.05) is 0 Å². The van der Waals surface area contributed by atoms with Crippen molar-refractivity contribution in [2.24, 2.45) is 5.92 Å². The van der Waals surface area contributed by atoms with E-state index in [1.54, 1.807) is 0 Å². The predicted molar refractivity (Wildman–Crippen MR) is 48.7 cm³/mol. The molecule has 0 amide bonds. The minimum Gasteiger partial charge on any atom is -0.361 e. The van der Waals surface area contributed by atoms with Crippen LogP contribution in [0.3, 0.4) is 0 Å². The van der Waals surface area contributed by atoms with Gasteiger partial charge < -0.3 is 5.32 Å². The highest BCUT2D eigenvalue weighted by Crippen LogP contribution is 2.48. The number of hydrogen-bond donors (Lipinski definition) is 1. The van der Waals surface area contributed by atoms with Crippen molar-refractivity contribution in [2.75, 3.05) is 11.9 Å². The molecule has 1 aromatic heterocycles. The lowest BCUT2D eigenvalue weighted by atomic mass is 10.4. The third-order valence-corrected chi connectivity index (χ3v) is 3.01. The number of rotatable bonds is 3. The van der Waals surface area contributed by atoms with Crippen LogP contribution in [0.5, 0.6) is 0 Å². The van der Waals surface area contributed by atoms with Crippen molar-refractivity contribution < 1.29 is 8.78 Å². The lowest BCUT2D eigenvalue weighted by Gasteiger charge is -1.99. The fraction of sp³-hybridized carbons (Fsp3) is 0.571. The lowest BCUT2D eigenvalue weighted by Crippen LogP contribution is -2.07. The zero-order valence-corrected chi connectivity index (χ0v) is 8.13. The van der Waals surface area contributed by atoms with Gasteiger partial charge >= 0.3 is 0 Å². The van der Waals surface area contributed by atoms with Crippen molar-refractivity contribution in [2.45, 2.75) is 12.3 Å². The summed E-state index contributed by atoms with van der Waals surface area (Å²) >= 11 is 6.87. The van der Waals surface area contributed by atoms with Gasteiger partial charge in [0, 0.05) is 18.9 Å². The monoisotopic (exact) mass is 224 g/mol. The quantitative estimate of drug-likeness (QED) is 0.854. The summed E-state index contributed by atoms with van der Waals surface area (Å²) in [7, 11) is 0. The topological polar surface area (TPSA) is 24.9 Å². The first-order valence-corrected chi connectivity index (χ1v) is 5.00. The van der Waals surface area contributed by atoms with Crippen molar-refractivity contribution in [3.63, 3.8) is 0 Å². The van der Waals surface area contributed by atoms with Crippen molar-refractivity contribution in [3.8, 4) is 0 Å². The van der Waals surface area contributed by atoms with E-state index in [0.29, 0.717) is 9.47 Å². The molecule has 1 aromatic rings. The fourth-order valence-corrected chi connectivity index (χ4v) is 1.86. The van der Waals surface area contributed by atoms with Gasteiger partial charge in [-0.1, -0.05) is 22.9 Å². The first-order chi connectivity index (χ1) is 6.08. The maximum absolute atomic E-state index is 12.4. The third-order valence-electron chi connectivity index (χ3n) is 1.93. The number of thiazole rings is 1. The minimum atomic E-state index is -2.46. The van der Waals surface area contributed by atoms with E-state index in [4.69, 9.17) is 11.6 Å². The molecule has 0 radical (unpaired) electrons. The highest BCUT2D eigenvalue weighted by molar-refractivity contribution is 7.19. The van der Waals surface area contributed by atoms with E-state index in [0.717, 1.165) is 0 Å². The zero-order valence-electron chi connectivity index (χ0n) is 6.56. The van der Waals surface area contributed by atoms with Crippen LogP contribution in [0, 0.1) is 5.92 Å². The van der Waals surface area contributed by atoms with Gasteiger partial charge in [-0.15, -0.1) is 0 Å². The van der Waals surface area contributed by atoms with E-state index in [-0.39, 0.29) is 13.0 Å². The average molecular weight is 225 g/mol. The molecular formula is C7H7ClF2N2S. The Bertz CT molecular complexity index is 315. The molecule has 1 fully saturated rings. The van der Waals surface area contributed by atoms with Gasteiger partial charge in [-0.25, -0.2) is 13.8 Å². The largest absolute Gasteiger partial charge is 0.361 e. The number of nitrogens with zero attached hydrogens (tertiary/aromatic N) is 1. The number of nitrogens with one attached hydrogen (secondary N) is 1. The molecule has 1 aliphatic rings. The predicted octanol–water partition coefficient (Wildman–Crippen LogP) is 2.86. The number of aromatic nitrogens is 1. The summed E-state index contributed by atoms with van der Waals surface area (Å²) in [5.41, 5.74) is 0. The standard InChI is InChI=1S/C7H7ClF2N2S/c8-5-3-12-6(13-5)11-2-4-1-7(4,9)10/h3-4H,1-2H2,(H,11,12). The van der Waals surface area contributed by atoms with Crippen molar-refractivity contribution >= 4 is 28.1 Å². The summed E-state index contributed by atoms with van der Waals surface area (Å²) in [6.07, 6.45) is 1.48. The zero-order chi connectivity index (χ0) is 9.47. The van der Waals surface area contributed by atoms with Gasteiger partial charge in [0.1, 0.15) is 4.34 Å². The van der Waals surface area contributed by atoms with Gasteiger partial charge in [0.15, 0.2) is 5.13 Å². The molecule has 1 aliphatic carbocycles. The summed E-state index contributed by atoms with van der Waals surface area (Å²) in [5.74, 6) is -3.00. The van der Waals surface area contributed by atoms with E-state index in [9.17, 15) is 8.78 Å². The average Bonchev–Trinajstić information content (AvgIpc) is 2.45. The Morgan fingerprint density at radius 1 is 1.77 bits per heavy atom. The molecule has 1 unspecified atom stereocenters. The molecule has 0 spiro atoms. The van der Waals surface area contributed by atoms with Gasteiger partial charge in [0.05, 0.1) is 6.20 Å². The third kappa shape index (κ3) is 2.08. The Kier molecular flexibility index (Phi) is 2.15. The van der Waals surface area contributed by atoms with Crippen LogP contribution in [0.25, 0.3) is 0 Å². The van der Waals surface area contributed by atoms with E-state index < -0.39 is 11.8 Å². The van der Waals surface area contributed by atoms with Crippen LogP contribution in [0.15, 0.2) is 6.20 Å². The number of halogens is 3. The van der Waals surface area contributed by atoms with Crippen LogP contribution in [0.4, 0.5) is 13.9 Å². The Labute approximate surface area is 82.9 Å². The SMILES string of the molecule is FC1(F)CC1CNc1ncc(Cl)s1. The van der Waals surface area contributed by atoms with Crippen LogP contribution in [-0.4, -0.2) is 17.5 Å². The maximum Gasteiger partial charge on any atom is 0.253 e. The molecule has 6 heteroatoms. The first kappa shape index (κ1) is 9.15. The molecule has 0 saturated heterocycles. The van der Waals surface area contributed by atoms with Gasteiger partial charge in [-0.3, -0.25) is 0 Å². The molecule has 1 N–H and O–H groups in total. The summed E-state index contributed by atoms with van der Waals surface area (Å²) in [6, 6.07) is 0. The van der Waals surface area contributed by atoms with Crippen LogP contribution in [0.2, 0.25) is 4.34 Å². The number of alkyl halides is 2. The molecule has 72 valence electrons. The molecule has 0 bridgehead atoms. The molecule has 1 saturated carbocycles. The Morgan fingerprint density at radius 3 is 2.92 bits per heavy atom. The molecule has 0 aliphatic heterocycles. The normalized spacial score (nSPS) is 24.4. The minimum absolute atomic E-state index is 0.0148. The molecule has 1 atom stereocenters. The van der Waals surface area contributed by atoms with E-state index >= 15 is 0 Å². The molecule has 2 nitrogen and oxygen atoms in total. The molecule has 0 aromatic carbocycles. The van der Waals surface area contributed by atoms with Crippen LogP contribution < -0.4 is 5.32 Å². The fourth-order valence-electron chi connectivity index (χ4n) is 1.04. The summed E-state index contributed by atoms with van der Waals surface area (Å²) in [6.45, 7) is 0.275. The Balaban J connectivity index is 1.81. The first-order valence-electron chi connectivity index (χ1n) is 3.81. The molecule has 2 rings (SSSR count). The van der Waals surface area contributed by atoms with Crippen molar-refractivity contribution in [1.29, 1.82) is 0 Å². The van der Waals surface area contributed by atoms with Gasteiger partial charge in [-0.2, -0.15) is 0 Å². The number of hydrogen-bond acceptors (Lipinski definition) is 3.